The van der Waals surface area contributed by atoms with E-state index in [4.69, 9.17) is 4.74 Å². The molecule has 1 aromatic heterocycles. The van der Waals surface area contributed by atoms with E-state index in [1.165, 1.54) is 29.5 Å². The van der Waals surface area contributed by atoms with Crippen molar-refractivity contribution in [2.24, 2.45) is 0 Å². The number of carboxylic acids is 1. The summed E-state index contributed by atoms with van der Waals surface area (Å²) in [6.07, 6.45) is 0.534. The lowest BCUT2D eigenvalue weighted by molar-refractivity contribution is -0.385. The van der Waals surface area contributed by atoms with Crippen molar-refractivity contribution in [3.8, 4) is 5.75 Å². The number of thiophene rings is 1. The molecule has 0 aliphatic carbocycles. The van der Waals surface area contributed by atoms with Crippen LogP contribution in [-0.4, -0.2) is 28.5 Å². The highest BCUT2D eigenvalue weighted by Crippen LogP contribution is 2.33. The standard InChI is InChI=1S/C16H16N2O6S/c1-3-10-9(2)25-15(14(10)16(20)21)17-13(19)8-24-12-7-5-4-6-11(12)18(22)23/h4-7H,3,8H2,1-2H3,(H,17,19)(H,20,21). The lowest BCUT2D eigenvalue weighted by Crippen LogP contribution is -2.21. The number of para-hydroxylation sites is 2. The summed E-state index contributed by atoms with van der Waals surface area (Å²) in [6.45, 7) is 3.16. The highest BCUT2D eigenvalue weighted by atomic mass is 32.1. The van der Waals surface area contributed by atoms with E-state index in [1.807, 2.05) is 6.92 Å². The topological polar surface area (TPSA) is 119 Å². The second-order valence-electron chi connectivity index (χ2n) is 5.06. The minimum Gasteiger partial charge on any atom is -0.478 e. The van der Waals surface area contributed by atoms with Crippen LogP contribution in [0.25, 0.3) is 0 Å². The molecule has 2 aromatic rings. The first-order valence-electron chi connectivity index (χ1n) is 7.36. The van der Waals surface area contributed by atoms with Gasteiger partial charge in [0.25, 0.3) is 5.91 Å². The number of nitrogens with zero attached hydrogens (tertiary/aromatic N) is 1. The number of benzene rings is 1. The molecule has 2 rings (SSSR count). The summed E-state index contributed by atoms with van der Waals surface area (Å²) >= 11 is 1.18. The van der Waals surface area contributed by atoms with E-state index in [-0.39, 0.29) is 22.0 Å². The Morgan fingerprint density at radius 1 is 1.36 bits per heavy atom. The molecule has 25 heavy (non-hydrogen) atoms. The first-order valence-corrected chi connectivity index (χ1v) is 8.18. The molecule has 132 valence electrons. The van der Waals surface area contributed by atoms with Gasteiger partial charge in [0.2, 0.25) is 0 Å². The average molecular weight is 364 g/mol. The number of carboxylic acid groups (broad SMARTS) is 1. The van der Waals surface area contributed by atoms with E-state index in [0.29, 0.717) is 12.0 Å². The first-order chi connectivity index (χ1) is 11.8. The minimum absolute atomic E-state index is 0.0299. The molecule has 0 unspecified atom stereocenters. The van der Waals surface area contributed by atoms with Gasteiger partial charge < -0.3 is 15.2 Å². The molecule has 0 atom stereocenters. The number of aromatic carboxylic acids is 1. The summed E-state index contributed by atoms with van der Waals surface area (Å²) in [5, 5.41) is 23.0. The molecule has 8 nitrogen and oxygen atoms in total. The van der Waals surface area contributed by atoms with Gasteiger partial charge in [0.05, 0.1) is 10.5 Å². The van der Waals surface area contributed by atoms with Crippen LogP contribution in [0.4, 0.5) is 10.7 Å². The van der Waals surface area contributed by atoms with Gasteiger partial charge in [-0.05, 0) is 25.0 Å². The Morgan fingerprint density at radius 2 is 2.04 bits per heavy atom. The zero-order valence-electron chi connectivity index (χ0n) is 13.6. The third-order valence-electron chi connectivity index (χ3n) is 3.45. The van der Waals surface area contributed by atoms with Crippen LogP contribution in [0.2, 0.25) is 0 Å². The summed E-state index contributed by atoms with van der Waals surface area (Å²) in [5.41, 5.74) is 0.498. The number of carbonyl (C=O) groups excluding carboxylic acids is 1. The van der Waals surface area contributed by atoms with Crippen LogP contribution in [0.5, 0.6) is 5.75 Å². The van der Waals surface area contributed by atoms with Gasteiger partial charge in [0.1, 0.15) is 5.00 Å². The number of ether oxygens (including phenoxy) is 1. The van der Waals surface area contributed by atoms with E-state index in [0.717, 1.165) is 4.88 Å². The Hall–Kier alpha value is -2.94. The summed E-state index contributed by atoms with van der Waals surface area (Å²) in [4.78, 5) is 34.6. The molecule has 0 aliphatic heterocycles. The number of nitro groups is 1. The third kappa shape index (κ3) is 4.13. The van der Waals surface area contributed by atoms with Crippen molar-refractivity contribution in [3.05, 3.63) is 50.4 Å². The number of nitrogens with one attached hydrogen (secondary N) is 1. The van der Waals surface area contributed by atoms with Crippen molar-refractivity contribution in [3.63, 3.8) is 0 Å². The van der Waals surface area contributed by atoms with Crippen molar-refractivity contribution >= 4 is 33.9 Å². The maximum Gasteiger partial charge on any atom is 0.339 e. The zero-order chi connectivity index (χ0) is 18.6. The van der Waals surface area contributed by atoms with E-state index < -0.39 is 23.4 Å². The molecule has 0 bridgehead atoms. The second-order valence-corrected chi connectivity index (χ2v) is 6.29. The van der Waals surface area contributed by atoms with Crippen LogP contribution in [0.1, 0.15) is 27.7 Å². The lowest BCUT2D eigenvalue weighted by atomic mass is 10.1. The molecule has 1 heterocycles. The molecule has 9 heteroatoms. The first kappa shape index (κ1) is 18.4. The molecule has 0 spiro atoms. The lowest BCUT2D eigenvalue weighted by Gasteiger charge is -2.07. The Balaban J connectivity index is 2.12. The Labute approximate surface area is 147 Å². The van der Waals surface area contributed by atoms with Gasteiger partial charge >= 0.3 is 11.7 Å². The zero-order valence-corrected chi connectivity index (χ0v) is 14.4. The predicted molar refractivity (Wildman–Crippen MR) is 92.6 cm³/mol. The molecule has 0 fully saturated rings. The van der Waals surface area contributed by atoms with E-state index in [9.17, 15) is 24.8 Å². The van der Waals surface area contributed by atoms with Crippen LogP contribution in [0.3, 0.4) is 0 Å². The SMILES string of the molecule is CCc1c(C)sc(NC(=O)COc2ccccc2[N+](=O)[O-])c1C(=O)O. The van der Waals surface area contributed by atoms with Gasteiger partial charge in [-0.15, -0.1) is 11.3 Å². The van der Waals surface area contributed by atoms with Crippen molar-refractivity contribution in [2.45, 2.75) is 20.3 Å². The molecule has 0 saturated heterocycles. The van der Waals surface area contributed by atoms with Crippen LogP contribution in [0.15, 0.2) is 24.3 Å². The third-order valence-corrected chi connectivity index (χ3v) is 4.51. The number of hydrogen-bond acceptors (Lipinski definition) is 6. The molecule has 2 N–H and O–H groups in total. The quantitative estimate of drug-likeness (QED) is 0.575. The highest BCUT2D eigenvalue weighted by molar-refractivity contribution is 7.16. The number of carbonyl (C=O) groups is 2. The molecule has 1 aromatic carbocycles. The van der Waals surface area contributed by atoms with Gasteiger partial charge in [-0.2, -0.15) is 0 Å². The smallest absolute Gasteiger partial charge is 0.339 e. The number of anilines is 1. The van der Waals surface area contributed by atoms with Crippen LogP contribution in [0, 0.1) is 17.0 Å². The van der Waals surface area contributed by atoms with Gasteiger partial charge in [0.15, 0.2) is 12.4 Å². The Kier molecular flexibility index (Phi) is 5.71. The maximum absolute atomic E-state index is 12.1. The largest absolute Gasteiger partial charge is 0.478 e. The highest BCUT2D eigenvalue weighted by Gasteiger charge is 2.22. The number of rotatable bonds is 7. The van der Waals surface area contributed by atoms with Crippen LogP contribution >= 0.6 is 11.3 Å². The number of hydrogen-bond donors (Lipinski definition) is 2. The normalized spacial score (nSPS) is 10.3. The van der Waals surface area contributed by atoms with Crippen LogP contribution < -0.4 is 10.1 Å². The molecular weight excluding hydrogens is 348 g/mol. The summed E-state index contributed by atoms with van der Waals surface area (Å²) in [6, 6.07) is 5.70. The monoisotopic (exact) mass is 364 g/mol. The predicted octanol–water partition coefficient (Wildman–Crippen LogP) is 3.24. The molecular formula is C16H16N2O6S. The van der Waals surface area contributed by atoms with Crippen molar-refractivity contribution in [1.29, 1.82) is 0 Å². The van der Waals surface area contributed by atoms with Gasteiger partial charge in [-0.3, -0.25) is 14.9 Å². The van der Waals surface area contributed by atoms with Gasteiger partial charge in [-0.25, -0.2) is 4.79 Å². The summed E-state index contributed by atoms with van der Waals surface area (Å²) in [7, 11) is 0. The molecule has 0 saturated carbocycles. The number of amides is 1. The van der Waals surface area contributed by atoms with E-state index in [2.05, 4.69) is 5.32 Å². The van der Waals surface area contributed by atoms with E-state index in [1.54, 1.807) is 13.0 Å². The maximum atomic E-state index is 12.1. The molecule has 0 aliphatic rings. The minimum atomic E-state index is -1.11. The second kappa shape index (κ2) is 7.75. The van der Waals surface area contributed by atoms with Crippen LogP contribution in [-0.2, 0) is 11.2 Å². The molecule has 0 radical (unpaired) electrons. The fourth-order valence-electron chi connectivity index (χ4n) is 2.35. The van der Waals surface area contributed by atoms with E-state index >= 15 is 0 Å². The summed E-state index contributed by atoms with van der Waals surface area (Å²) in [5.74, 6) is -1.74. The van der Waals surface area contributed by atoms with Crippen molar-refractivity contribution < 1.29 is 24.4 Å². The van der Waals surface area contributed by atoms with Gasteiger partial charge in [-0.1, -0.05) is 19.1 Å². The fraction of sp³-hybridized carbons (Fsp3) is 0.250. The van der Waals surface area contributed by atoms with Crippen molar-refractivity contribution in [2.75, 3.05) is 11.9 Å². The Morgan fingerprint density at radius 3 is 2.64 bits per heavy atom. The van der Waals surface area contributed by atoms with Gasteiger partial charge in [0, 0.05) is 10.9 Å². The number of nitro benzene ring substituents is 1. The number of aryl methyl sites for hydroxylation is 1. The summed E-state index contributed by atoms with van der Waals surface area (Å²) < 4.78 is 5.20. The van der Waals surface area contributed by atoms with Crippen molar-refractivity contribution in [1.82, 2.24) is 0 Å². The average Bonchev–Trinajstić information content (AvgIpc) is 2.88. The Bertz CT molecular complexity index is 830. The fourth-order valence-corrected chi connectivity index (χ4v) is 3.51. The molecule has 1 amide bonds.